The largest absolute Gasteiger partial charge is 0.395 e. The summed E-state index contributed by atoms with van der Waals surface area (Å²) in [7, 11) is 0. The highest BCUT2D eigenvalue weighted by Crippen LogP contribution is 2.20. The Kier molecular flexibility index (Phi) is 4.20. The molecule has 0 saturated carbocycles. The Morgan fingerprint density at radius 1 is 1.62 bits per heavy atom. The second-order valence-corrected chi connectivity index (χ2v) is 3.78. The molecule has 2 unspecified atom stereocenters. The molecule has 13 heavy (non-hydrogen) atoms. The van der Waals surface area contributed by atoms with Crippen LogP contribution in [0, 0.1) is 11.3 Å². The molecule has 1 fully saturated rings. The maximum absolute atomic E-state index is 9.15. The van der Waals surface area contributed by atoms with E-state index in [1.807, 2.05) is 0 Å². The molecule has 1 aliphatic rings. The minimum absolute atomic E-state index is 0.232. The van der Waals surface area contributed by atoms with Gasteiger partial charge in [-0.2, -0.15) is 5.26 Å². The summed E-state index contributed by atoms with van der Waals surface area (Å²) in [6.45, 7) is 3.33. The molecule has 3 heteroatoms. The maximum Gasteiger partial charge on any atom is 0.0638 e. The van der Waals surface area contributed by atoms with E-state index < -0.39 is 0 Å². The first-order chi connectivity index (χ1) is 6.29. The summed E-state index contributed by atoms with van der Waals surface area (Å²) in [5.74, 6) is 0. The van der Waals surface area contributed by atoms with E-state index in [9.17, 15) is 0 Å². The van der Waals surface area contributed by atoms with Crippen LogP contribution >= 0.6 is 0 Å². The molecule has 1 rings (SSSR count). The molecule has 0 radical (unpaired) electrons. The van der Waals surface area contributed by atoms with Crippen LogP contribution in [0.3, 0.4) is 0 Å². The Bertz CT molecular complexity index is 188. The number of likely N-dealkylation sites (tertiary alicyclic amines) is 1. The third-order valence-electron chi connectivity index (χ3n) is 2.84. The van der Waals surface area contributed by atoms with Gasteiger partial charge in [0.1, 0.15) is 0 Å². The minimum atomic E-state index is 0.232. The summed E-state index contributed by atoms with van der Waals surface area (Å²) in [4.78, 5) is 2.27. The molecule has 0 aliphatic carbocycles. The molecular weight excluding hydrogens is 164 g/mol. The molecule has 74 valence electrons. The van der Waals surface area contributed by atoms with Gasteiger partial charge in [-0.25, -0.2) is 0 Å². The number of piperidine rings is 1. The minimum Gasteiger partial charge on any atom is -0.395 e. The summed E-state index contributed by atoms with van der Waals surface area (Å²) in [6, 6.07) is 2.77. The zero-order valence-electron chi connectivity index (χ0n) is 8.24. The molecule has 1 aliphatic heterocycles. The number of nitriles is 1. The van der Waals surface area contributed by atoms with Crippen LogP contribution in [0.1, 0.15) is 32.6 Å². The lowest BCUT2D eigenvalue weighted by Gasteiger charge is -2.38. The summed E-state index contributed by atoms with van der Waals surface area (Å²) in [5.41, 5.74) is 0. The number of rotatable bonds is 3. The third kappa shape index (κ3) is 2.68. The van der Waals surface area contributed by atoms with Crippen molar-refractivity contribution in [1.29, 1.82) is 5.26 Å². The lowest BCUT2D eigenvalue weighted by Crippen LogP contribution is -2.46. The van der Waals surface area contributed by atoms with E-state index in [4.69, 9.17) is 10.4 Å². The molecule has 0 aromatic heterocycles. The van der Waals surface area contributed by atoms with Crippen LogP contribution in [0.5, 0.6) is 0 Å². The van der Waals surface area contributed by atoms with Gasteiger partial charge in [0.05, 0.1) is 19.1 Å². The number of hydrogen-bond donors (Lipinski definition) is 1. The molecular formula is C10H18N2O. The molecule has 1 saturated heterocycles. The number of aliphatic hydroxyl groups excluding tert-OH is 1. The van der Waals surface area contributed by atoms with Gasteiger partial charge in [-0.05, 0) is 26.3 Å². The van der Waals surface area contributed by atoms with Gasteiger partial charge in [0.15, 0.2) is 0 Å². The predicted octanol–water partition coefficient (Wildman–Crippen LogP) is 1.14. The highest BCUT2D eigenvalue weighted by molar-refractivity contribution is 4.85. The van der Waals surface area contributed by atoms with E-state index in [2.05, 4.69) is 17.9 Å². The van der Waals surface area contributed by atoms with E-state index in [1.54, 1.807) is 0 Å². The van der Waals surface area contributed by atoms with Gasteiger partial charge in [-0.3, -0.25) is 4.90 Å². The van der Waals surface area contributed by atoms with Crippen LogP contribution in [-0.4, -0.2) is 35.2 Å². The molecule has 2 atom stereocenters. The molecule has 0 amide bonds. The van der Waals surface area contributed by atoms with E-state index in [0.717, 1.165) is 13.0 Å². The van der Waals surface area contributed by atoms with Crippen LogP contribution in [0.2, 0.25) is 0 Å². The maximum atomic E-state index is 9.15. The molecule has 0 bridgehead atoms. The Morgan fingerprint density at radius 2 is 2.38 bits per heavy atom. The predicted molar refractivity (Wildman–Crippen MR) is 51.1 cm³/mol. The SMILES string of the molecule is CC(CC#N)N1CCCCC1CO. The van der Waals surface area contributed by atoms with Gasteiger partial charge in [-0.15, -0.1) is 0 Å². The average molecular weight is 182 g/mol. The smallest absolute Gasteiger partial charge is 0.0638 e. The van der Waals surface area contributed by atoms with Crippen molar-refractivity contribution < 1.29 is 5.11 Å². The highest BCUT2D eigenvalue weighted by Gasteiger charge is 2.25. The number of nitrogens with zero attached hydrogens (tertiary/aromatic N) is 2. The van der Waals surface area contributed by atoms with Crippen molar-refractivity contribution in [2.45, 2.75) is 44.7 Å². The zero-order valence-corrected chi connectivity index (χ0v) is 8.24. The quantitative estimate of drug-likeness (QED) is 0.712. The highest BCUT2D eigenvalue weighted by atomic mass is 16.3. The van der Waals surface area contributed by atoms with Crippen LogP contribution in [-0.2, 0) is 0 Å². The lowest BCUT2D eigenvalue weighted by atomic mass is 10.00. The van der Waals surface area contributed by atoms with Crippen LogP contribution < -0.4 is 0 Å². The molecule has 3 nitrogen and oxygen atoms in total. The zero-order chi connectivity index (χ0) is 9.68. The summed E-state index contributed by atoms with van der Waals surface area (Å²) < 4.78 is 0. The Balaban J connectivity index is 2.49. The topological polar surface area (TPSA) is 47.3 Å². The fraction of sp³-hybridized carbons (Fsp3) is 0.900. The van der Waals surface area contributed by atoms with Crippen molar-refractivity contribution in [2.75, 3.05) is 13.2 Å². The van der Waals surface area contributed by atoms with Gasteiger partial charge in [0.25, 0.3) is 0 Å². The Labute approximate surface area is 80.0 Å². The molecule has 0 aromatic carbocycles. The van der Waals surface area contributed by atoms with Crippen LogP contribution in [0.4, 0.5) is 0 Å². The van der Waals surface area contributed by atoms with Crippen molar-refractivity contribution in [3.8, 4) is 6.07 Å². The standard InChI is InChI=1S/C10H18N2O/c1-9(5-6-11)12-7-3-2-4-10(12)8-13/h9-10,13H,2-5,7-8H2,1H3. The van der Waals surface area contributed by atoms with E-state index >= 15 is 0 Å². The fourth-order valence-corrected chi connectivity index (χ4v) is 2.05. The first-order valence-corrected chi connectivity index (χ1v) is 5.03. The van der Waals surface area contributed by atoms with Crippen molar-refractivity contribution in [3.05, 3.63) is 0 Å². The Hall–Kier alpha value is -0.590. The van der Waals surface area contributed by atoms with E-state index in [1.165, 1.54) is 12.8 Å². The number of hydrogen-bond acceptors (Lipinski definition) is 3. The molecule has 0 aromatic rings. The van der Waals surface area contributed by atoms with Gasteiger partial charge >= 0.3 is 0 Å². The van der Waals surface area contributed by atoms with Gasteiger partial charge in [-0.1, -0.05) is 6.42 Å². The monoisotopic (exact) mass is 182 g/mol. The lowest BCUT2D eigenvalue weighted by molar-refractivity contribution is 0.0606. The number of aliphatic hydroxyl groups is 1. The Morgan fingerprint density at radius 3 is 3.00 bits per heavy atom. The summed E-state index contributed by atoms with van der Waals surface area (Å²) in [5, 5.41) is 17.7. The third-order valence-corrected chi connectivity index (χ3v) is 2.84. The van der Waals surface area contributed by atoms with Crippen LogP contribution in [0.15, 0.2) is 0 Å². The van der Waals surface area contributed by atoms with Crippen molar-refractivity contribution in [2.24, 2.45) is 0 Å². The van der Waals surface area contributed by atoms with Gasteiger partial charge in [0, 0.05) is 12.1 Å². The van der Waals surface area contributed by atoms with Crippen LogP contribution in [0.25, 0.3) is 0 Å². The van der Waals surface area contributed by atoms with Gasteiger partial charge in [0.2, 0.25) is 0 Å². The fourth-order valence-electron chi connectivity index (χ4n) is 2.05. The van der Waals surface area contributed by atoms with Gasteiger partial charge < -0.3 is 5.11 Å². The second-order valence-electron chi connectivity index (χ2n) is 3.78. The normalized spacial score (nSPS) is 26.7. The van der Waals surface area contributed by atoms with E-state index in [0.29, 0.717) is 12.5 Å². The van der Waals surface area contributed by atoms with E-state index in [-0.39, 0.29) is 12.6 Å². The molecule has 1 N–H and O–H groups in total. The first-order valence-electron chi connectivity index (χ1n) is 5.03. The van der Waals surface area contributed by atoms with Crippen molar-refractivity contribution >= 4 is 0 Å². The summed E-state index contributed by atoms with van der Waals surface area (Å²) in [6.07, 6.45) is 4.05. The van der Waals surface area contributed by atoms with Crippen molar-refractivity contribution in [3.63, 3.8) is 0 Å². The molecule has 0 spiro atoms. The summed E-state index contributed by atoms with van der Waals surface area (Å²) >= 11 is 0. The van der Waals surface area contributed by atoms with Crippen molar-refractivity contribution in [1.82, 2.24) is 4.90 Å². The first kappa shape index (κ1) is 10.5. The average Bonchev–Trinajstić information content (AvgIpc) is 2.18. The second kappa shape index (κ2) is 5.21. The molecule has 1 heterocycles.